The van der Waals surface area contributed by atoms with Crippen molar-refractivity contribution in [2.24, 2.45) is 0 Å². The van der Waals surface area contributed by atoms with Crippen molar-refractivity contribution in [1.29, 1.82) is 0 Å². The van der Waals surface area contributed by atoms with E-state index in [1.165, 1.54) is 26.4 Å². The average Bonchev–Trinajstić information content (AvgIpc) is 2.22. The second-order valence-corrected chi connectivity index (χ2v) is 4.55. The van der Waals surface area contributed by atoms with Crippen LogP contribution in [0.3, 0.4) is 0 Å². The molecule has 0 aromatic carbocycles. The Hall–Kier alpha value is -0.570. The third-order valence-corrected chi connectivity index (χ3v) is 3.40. The van der Waals surface area contributed by atoms with Crippen LogP contribution in [0.1, 0.15) is 46.0 Å². The van der Waals surface area contributed by atoms with Crippen LogP contribution in [0, 0.1) is 0 Å². The number of piperidine rings is 1. The lowest BCUT2D eigenvalue weighted by atomic mass is 9.97. The van der Waals surface area contributed by atoms with Crippen molar-refractivity contribution in [3.05, 3.63) is 0 Å². The molecule has 1 rings (SSSR count). The van der Waals surface area contributed by atoms with E-state index in [1.807, 2.05) is 0 Å². The number of nitrogens with zero attached hydrogens (tertiary/aromatic N) is 1. The van der Waals surface area contributed by atoms with E-state index < -0.39 is 0 Å². The highest BCUT2D eigenvalue weighted by Gasteiger charge is 2.23. The van der Waals surface area contributed by atoms with Crippen molar-refractivity contribution >= 4 is 5.97 Å². The third-order valence-electron chi connectivity index (χ3n) is 3.40. The summed E-state index contributed by atoms with van der Waals surface area (Å²) in [5, 5.41) is 0. The van der Waals surface area contributed by atoms with Crippen LogP contribution in [-0.4, -0.2) is 36.6 Å². The number of carbonyl (C=O) groups is 1. The van der Waals surface area contributed by atoms with Crippen molar-refractivity contribution in [3.8, 4) is 0 Å². The molecular weight excluding hydrogens is 190 g/mol. The number of ether oxygens (including phenoxy) is 1. The number of esters is 1. The van der Waals surface area contributed by atoms with Gasteiger partial charge in [-0.2, -0.15) is 0 Å². The van der Waals surface area contributed by atoms with Gasteiger partial charge in [0.05, 0.1) is 7.11 Å². The molecule has 0 amide bonds. The van der Waals surface area contributed by atoms with Crippen molar-refractivity contribution in [2.75, 3.05) is 13.7 Å². The van der Waals surface area contributed by atoms with Gasteiger partial charge in [-0.25, -0.2) is 0 Å². The molecule has 1 aliphatic heterocycles. The summed E-state index contributed by atoms with van der Waals surface area (Å²) in [4.78, 5) is 13.5. The van der Waals surface area contributed by atoms with Crippen molar-refractivity contribution < 1.29 is 9.53 Å². The first-order valence-corrected chi connectivity index (χ1v) is 5.97. The molecule has 1 fully saturated rings. The quantitative estimate of drug-likeness (QED) is 0.670. The largest absolute Gasteiger partial charge is 0.469 e. The first-order valence-electron chi connectivity index (χ1n) is 5.97. The molecule has 0 aromatic rings. The standard InChI is InChI=1S/C12H23NO2/c1-10-6-4-7-11(2)13(10)9-5-8-12(14)15-3/h10-11H,4-9H2,1-3H3/t10-,11+. The smallest absolute Gasteiger partial charge is 0.305 e. The monoisotopic (exact) mass is 213 g/mol. The topological polar surface area (TPSA) is 29.5 Å². The molecule has 88 valence electrons. The molecule has 3 nitrogen and oxygen atoms in total. The second-order valence-electron chi connectivity index (χ2n) is 4.55. The van der Waals surface area contributed by atoms with E-state index in [2.05, 4.69) is 23.5 Å². The molecule has 1 heterocycles. The number of rotatable bonds is 4. The number of hydrogen-bond acceptors (Lipinski definition) is 3. The maximum Gasteiger partial charge on any atom is 0.305 e. The molecule has 1 aliphatic rings. The van der Waals surface area contributed by atoms with Gasteiger partial charge in [0, 0.05) is 18.5 Å². The van der Waals surface area contributed by atoms with E-state index in [9.17, 15) is 4.79 Å². The summed E-state index contributed by atoms with van der Waals surface area (Å²) >= 11 is 0. The molecule has 3 heteroatoms. The predicted molar refractivity (Wildman–Crippen MR) is 60.7 cm³/mol. The molecule has 0 saturated carbocycles. The Morgan fingerprint density at radius 2 is 1.93 bits per heavy atom. The van der Waals surface area contributed by atoms with Gasteiger partial charge in [-0.15, -0.1) is 0 Å². The molecule has 0 aromatic heterocycles. The van der Waals surface area contributed by atoms with Crippen LogP contribution in [0.25, 0.3) is 0 Å². The van der Waals surface area contributed by atoms with Crippen LogP contribution in [0.15, 0.2) is 0 Å². The summed E-state index contributed by atoms with van der Waals surface area (Å²) in [6.07, 6.45) is 5.40. The SMILES string of the molecule is COC(=O)CCCN1[C@H](C)CCC[C@@H]1C. The van der Waals surface area contributed by atoms with Gasteiger partial charge in [0.25, 0.3) is 0 Å². The van der Waals surface area contributed by atoms with Crippen LogP contribution in [0.5, 0.6) is 0 Å². The molecule has 1 saturated heterocycles. The molecule has 0 N–H and O–H groups in total. The maximum absolute atomic E-state index is 11.0. The van der Waals surface area contributed by atoms with Crippen LogP contribution < -0.4 is 0 Å². The van der Waals surface area contributed by atoms with Gasteiger partial charge < -0.3 is 4.74 Å². The summed E-state index contributed by atoms with van der Waals surface area (Å²) in [7, 11) is 1.45. The minimum atomic E-state index is -0.0904. The van der Waals surface area contributed by atoms with Crippen molar-refractivity contribution in [3.63, 3.8) is 0 Å². The fourth-order valence-electron chi connectivity index (χ4n) is 2.42. The number of methoxy groups -OCH3 is 1. The number of carbonyl (C=O) groups excluding carboxylic acids is 1. The molecule has 2 atom stereocenters. The Balaban J connectivity index is 2.26. The van der Waals surface area contributed by atoms with E-state index in [1.54, 1.807) is 0 Å². The fraction of sp³-hybridized carbons (Fsp3) is 0.917. The Bertz CT molecular complexity index is 196. The lowest BCUT2D eigenvalue weighted by molar-refractivity contribution is -0.140. The summed E-state index contributed by atoms with van der Waals surface area (Å²) in [6.45, 7) is 5.60. The highest BCUT2D eigenvalue weighted by molar-refractivity contribution is 5.69. The first kappa shape index (κ1) is 12.5. The molecule has 0 unspecified atom stereocenters. The van der Waals surface area contributed by atoms with E-state index in [4.69, 9.17) is 0 Å². The Morgan fingerprint density at radius 1 is 1.33 bits per heavy atom. The lowest BCUT2D eigenvalue weighted by Gasteiger charge is -2.39. The van der Waals surface area contributed by atoms with Gasteiger partial charge in [-0.3, -0.25) is 9.69 Å². The minimum absolute atomic E-state index is 0.0904. The summed E-state index contributed by atoms with van der Waals surface area (Å²) in [6, 6.07) is 1.35. The second kappa shape index (κ2) is 6.11. The van der Waals surface area contributed by atoms with Gasteiger partial charge in [-0.05, 0) is 39.7 Å². The molecule has 0 aliphatic carbocycles. The molecule has 15 heavy (non-hydrogen) atoms. The predicted octanol–water partition coefficient (Wildman–Crippen LogP) is 2.20. The number of likely N-dealkylation sites (tertiary alicyclic amines) is 1. The summed E-state index contributed by atoms with van der Waals surface area (Å²) in [5.74, 6) is -0.0904. The highest BCUT2D eigenvalue weighted by atomic mass is 16.5. The fourth-order valence-corrected chi connectivity index (χ4v) is 2.42. The normalized spacial score (nSPS) is 27.7. The molecule has 0 spiro atoms. The van der Waals surface area contributed by atoms with Gasteiger partial charge in [-0.1, -0.05) is 6.42 Å². The maximum atomic E-state index is 11.0. The van der Waals surface area contributed by atoms with Crippen LogP contribution in [0.2, 0.25) is 0 Å². The van der Waals surface area contributed by atoms with Gasteiger partial charge in [0.15, 0.2) is 0 Å². The zero-order valence-corrected chi connectivity index (χ0v) is 10.2. The zero-order chi connectivity index (χ0) is 11.3. The van der Waals surface area contributed by atoms with Gasteiger partial charge in [0.1, 0.15) is 0 Å². The average molecular weight is 213 g/mol. The van der Waals surface area contributed by atoms with Crippen molar-refractivity contribution in [2.45, 2.75) is 58.0 Å². The van der Waals surface area contributed by atoms with Crippen LogP contribution in [-0.2, 0) is 9.53 Å². The van der Waals surface area contributed by atoms with E-state index in [0.717, 1.165) is 13.0 Å². The molecule has 0 bridgehead atoms. The number of hydrogen-bond donors (Lipinski definition) is 0. The van der Waals surface area contributed by atoms with Gasteiger partial charge >= 0.3 is 5.97 Å². The van der Waals surface area contributed by atoms with Crippen molar-refractivity contribution in [1.82, 2.24) is 4.90 Å². The lowest BCUT2D eigenvalue weighted by Crippen LogP contribution is -2.44. The van der Waals surface area contributed by atoms with E-state index in [0.29, 0.717) is 18.5 Å². The van der Waals surface area contributed by atoms with Gasteiger partial charge in [0.2, 0.25) is 0 Å². The third kappa shape index (κ3) is 3.82. The molecule has 0 radical (unpaired) electrons. The molecular formula is C12H23NO2. The van der Waals surface area contributed by atoms with E-state index >= 15 is 0 Å². The Labute approximate surface area is 92.8 Å². The summed E-state index contributed by atoms with van der Waals surface area (Å²) in [5.41, 5.74) is 0. The minimum Gasteiger partial charge on any atom is -0.469 e. The van der Waals surface area contributed by atoms with E-state index in [-0.39, 0.29) is 5.97 Å². The Kier molecular flexibility index (Phi) is 5.09. The highest BCUT2D eigenvalue weighted by Crippen LogP contribution is 2.22. The first-order chi connectivity index (χ1) is 7.15. The van der Waals surface area contributed by atoms with Crippen LogP contribution in [0.4, 0.5) is 0 Å². The zero-order valence-electron chi connectivity index (χ0n) is 10.2. The Morgan fingerprint density at radius 3 is 2.47 bits per heavy atom. The summed E-state index contributed by atoms with van der Waals surface area (Å²) < 4.78 is 4.64. The van der Waals surface area contributed by atoms with Crippen LogP contribution >= 0.6 is 0 Å².